The molecule has 0 aliphatic carbocycles. The van der Waals surface area contributed by atoms with E-state index in [4.69, 9.17) is 0 Å². The maximum Gasteiger partial charge on any atom is 0.148 e. The number of thioether (sulfide) groups is 1. The van der Waals surface area contributed by atoms with Crippen molar-refractivity contribution < 1.29 is 0 Å². The van der Waals surface area contributed by atoms with Crippen molar-refractivity contribution in [2.24, 2.45) is 0 Å². The summed E-state index contributed by atoms with van der Waals surface area (Å²) in [6, 6.07) is 0.628. The summed E-state index contributed by atoms with van der Waals surface area (Å²) in [5.74, 6) is 2.07. The number of likely N-dealkylation sites (N-methyl/N-ethyl adjacent to an activating group) is 1. The molecule has 0 spiro atoms. The highest BCUT2D eigenvalue weighted by Crippen LogP contribution is 2.22. The van der Waals surface area contributed by atoms with Gasteiger partial charge in [0.1, 0.15) is 10.8 Å². The summed E-state index contributed by atoms with van der Waals surface area (Å²) in [5.41, 5.74) is 0. The van der Waals surface area contributed by atoms with Crippen LogP contribution in [0, 0.1) is 0 Å². The van der Waals surface area contributed by atoms with Crippen LogP contribution in [0.5, 0.6) is 0 Å². The summed E-state index contributed by atoms with van der Waals surface area (Å²) in [6.07, 6.45) is 6.25. The molecule has 2 heterocycles. The van der Waals surface area contributed by atoms with Crippen LogP contribution in [0.4, 0.5) is 5.82 Å². The predicted octanol–water partition coefficient (Wildman–Crippen LogP) is 2.12. The molecule has 0 N–H and O–H groups in total. The van der Waals surface area contributed by atoms with E-state index in [1.807, 2.05) is 12.4 Å². The topological polar surface area (TPSA) is 32.3 Å². The highest BCUT2D eigenvalue weighted by molar-refractivity contribution is 7.99. The van der Waals surface area contributed by atoms with Gasteiger partial charge in [-0.15, -0.1) is 11.8 Å². The number of hydrogen-bond acceptors (Lipinski definition) is 5. The second-order valence-corrected chi connectivity index (χ2v) is 6.14. The smallest absolute Gasteiger partial charge is 0.148 e. The molecule has 0 bridgehead atoms. The third kappa shape index (κ3) is 3.36. The van der Waals surface area contributed by atoms with Gasteiger partial charge >= 0.3 is 0 Å². The monoisotopic (exact) mass is 266 g/mol. The molecule has 100 valence electrons. The van der Waals surface area contributed by atoms with Crippen LogP contribution < -0.4 is 4.90 Å². The molecule has 1 aromatic heterocycles. The Morgan fingerprint density at radius 3 is 3.00 bits per heavy atom. The number of nitrogens with zero attached hydrogens (tertiary/aromatic N) is 4. The molecule has 0 radical (unpaired) electrons. The molecule has 1 aromatic rings. The summed E-state index contributed by atoms with van der Waals surface area (Å²) in [6.45, 7) is 4.29. The molecule has 18 heavy (non-hydrogen) atoms. The van der Waals surface area contributed by atoms with Crippen molar-refractivity contribution in [2.75, 3.05) is 37.8 Å². The Kier molecular flexibility index (Phi) is 4.83. The van der Waals surface area contributed by atoms with Crippen molar-refractivity contribution in [3.63, 3.8) is 0 Å². The number of rotatable bonds is 4. The molecule has 1 aliphatic heterocycles. The van der Waals surface area contributed by atoms with Crippen LogP contribution in [-0.4, -0.2) is 53.8 Å². The maximum atomic E-state index is 4.69. The Morgan fingerprint density at radius 1 is 1.44 bits per heavy atom. The first kappa shape index (κ1) is 13.6. The lowest BCUT2D eigenvalue weighted by Gasteiger charge is -2.36. The Balaban J connectivity index is 2.08. The van der Waals surface area contributed by atoms with Crippen LogP contribution in [0.15, 0.2) is 17.4 Å². The van der Waals surface area contributed by atoms with E-state index in [1.54, 1.807) is 11.8 Å². The van der Waals surface area contributed by atoms with Gasteiger partial charge in [0.15, 0.2) is 0 Å². The van der Waals surface area contributed by atoms with Gasteiger partial charge in [0.2, 0.25) is 0 Å². The second-order valence-electron chi connectivity index (χ2n) is 4.85. The third-order valence-corrected chi connectivity index (χ3v) is 4.12. The quantitative estimate of drug-likeness (QED) is 0.779. The van der Waals surface area contributed by atoms with Gasteiger partial charge in [-0.3, -0.25) is 4.98 Å². The Labute approximate surface area is 114 Å². The zero-order valence-electron chi connectivity index (χ0n) is 11.5. The lowest BCUT2D eigenvalue weighted by molar-refractivity contribution is 0.257. The van der Waals surface area contributed by atoms with Crippen LogP contribution >= 0.6 is 11.8 Å². The molecule has 1 fully saturated rings. The van der Waals surface area contributed by atoms with Crippen molar-refractivity contribution in [3.05, 3.63) is 12.4 Å². The minimum atomic E-state index is 0.628. The fraction of sp³-hybridized carbons (Fsp3) is 0.692. The zero-order chi connectivity index (χ0) is 13.0. The lowest BCUT2D eigenvalue weighted by atomic mass is 10.1. The summed E-state index contributed by atoms with van der Waals surface area (Å²) in [5, 5.41) is 1.03. The summed E-state index contributed by atoms with van der Waals surface area (Å²) in [7, 11) is 4.31. The standard InChI is InChI=1S/C13H22N4S/c1-4-18-13-9-14-8-12(15-13)17-7-5-6-11(10-17)16(2)3/h8-9,11H,4-7,10H2,1-3H3. The highest BCUT2D eigenvalue weighted by Gasteiger charge is 2.22. The molecule has 1 aliphatic rings. The van der Waals surface area contributed by atoms with Crippen LogP contribution in [0.2, 0.25) is 0 Å². The summed E-state index contributed by atoms with van der Waals surface area (Å²) >= 11 is 1.75. The number of anilines is 1. The van der Waals surface area contributed by atoms with Gasteiger partial charge in [-0.1, -0.05) is 6.92 Å². The molecule has 2 rings (SSSR count). The van der Waals surface area contributed by atoms with Crippen LogP contribution in [0.1, 0.15) is 19.8 Å². The van der Waals surface area contributed by atoms with E-state index in [1.165, 1.54) is 12.8 Å². The summed E-state index contributed by atoms with van der Waals surface area (Å²) < 4.78 is 0. The highest BCUT2D eigenvalue weighted by atomic mass is 32.2. The van der Waals surface area contributed by atoms with Crippen LogP contribution in [-0.2, 0) is 0 Å². The van der Waals surface area contributed by atoms with Crippen molar-refractivity contribution in [3.8, 4) is 0 Å². The zero-order valence-corrected chi connectivity index (χ0v) is 12.3. The first-order valence-corrected chi connectivity index (χ1v) is 7.55. The van der Waals surface area contributed by atoms with Gasteiger partial charge < -0.3 is 9.80 Å². The second kappa shape index (κ2) is 6.38. The fourth-order valence-corrected chi connectivity index (χ4v) is 2.88. The molecule has 4 nitrogen and oxygen atoms in total. The summed E-state index contributed by atoms with van der Waals surface area (Å²) in [4.78, 5) is 13.7. The number of aromatic nitrogens is 2. The molecule has 0 saturated carbocycles. The van der Waals surface area contributed by atoms with E-state index in [0.29, 0.717) is 6.04 Å². The normalized spacial score (nSPS) is 20.4. The predicted molar refractivity (Wildman–Crippen MR) is 77.4 cm³/mol. The molecule has 1 unspecified atom stereocenters. The van der Waals surface area contributed by atoms with Gasteiger partial charge in [0.05, 0.1) is 12.4 Å². The third-order valence-electron chi connectivity index (χ3n) is 3.34. The van der Waals surface area contributed by atoms with Crippen LogP contribution in [0.3, 0.4) is 0 Å². The minimum Gasteiger partial charge on any atom is -0.354 e. The molecule has 0 amide bonds. The van der Waals surface area contributed by atoms with E-state index in [2.05, 4.69) is 40.8 Å². The Bertz CT molecular complexity index is 383. The fourth-order valence-electron chi connectivity index (χ4n) is 2.29. The molecular weight excluding hydrogens is 244 g/mol. The van der Waals surface area contributed by atoms with Crippen molar-refractivity contribution in [1.29, 1.82) is 0 Å². The van der Waals surface area contributed by atoms with E-state index in [-0.39, 0.29) is 0 Å². The molecule has 5 heteroatoms. The minimum absolute atomic E-state index is 0.628. The van der Waals surface area contributed by atoms with Gasteiger partial charge in [0, 0.05) is 19.1 Å². The van der Waals surface area contributed by atoms with Crippen molar-refractivity contribution >= 4 is 17.6 Å². The SMILES string of the molecule is CCSc1cncc(N2CCCC(N(C)C)C2)n1. The van der Waals surface area contributed by atoms with Crippen molar-refractivity contribution in [2.45, 2.75) is 30.8 Å². The lowest BCUT2D eigenvalue weighted by Crippen LogP contribution is -2.45. The Morgan fingerprint density at radius 2 is 2.28 bits per heavy atom. The van der Waals surface area contributed by atoms with E-state index < -0.39 is 0 Å². The molecule has 1 saturated heterocycles. The average molecular weight is 266 g/mol. The number of hydrogen-bond donors (Lipinski definition) is 0. The largest absolute Gasteiger partial charge is 0.354 e. The van der Waals surface area contributed by atoms with E-state index in [9.17, 15) is 0 Å². The van der Waals surface area contributed by atoms with Gasteiger partial charge in [-0.2, -0.15) is 0 Å². The van der Waals surface area contributed by atoms with Crippen LogP contribution in [0.25, 0.3) is 0 Å². The maximum absolute atomic E-state index is 4.69. The van der Waals surface area contributed by atoms with Gasteiger partial charge in [-0.05, 0) is 32.7 Å². The van der Waals surface area contributed by atoms with E-state index in [0.717, 1.165) is 29.7 Å². The van der Waals surface area contributed by atoms with Gasteiger partial charge in [0.25, 0.3) is 0 Å². The molecule has 1 atom stereocenters. The molecular formula is C13H22N4S. The first-order chi connectivity index (χ1) is 8.70. The first-order valence-electron chi connectivity index (χ1n) is 6.57. The average Bonchev–Trinajstić information content (AvgIpc) is 2.39. The van der Waals surface area contributed by atoms with Crippen molar-refractivity contribution in [1.82, 2.24) is 14.9 Å². The van der Waals surface area contributed by atoms with E-state index >= 15 is 0 Å². The van der Waals surface area contributed by atoms with Gasteiger partial charge in [-0.25, -0.2) is 4.98 Å². The Hall–Kier alpha value is -0.810. The number of piperidine rings is 1. The molecule has 0 aromatic carbocycles.